The van der Waals surface area contributed by atoms with Crippen LogP contribution in [0.3, 0.4) is 0 Å². The Morgan fingerprint density at radius 3 is 2.57 bits per heavy atom. The maximum atomic E-state index is 13.8. The number of Topliss-reactive ketones (excluding diaryl/α,β-unsaturated/α-hetero) is 1. The zero-order valence-corrected chi connectivity index (χ0v) is 22.2. The van der Waals surface area contributed by atoms with Gasteiger partial charge in [0.25, 0.3) is 0 Å². The van der Waals surface area contributed by atoms with Gasteiger partial charge in [0.2, 0.25) is 0 Å². The summed E-state index contributed by atoms with van der Waals surface area (Å²) in [4.78, 5) is 13.8. The Bertz CT molecular complexity index is 1570. The van der Waals surface area contributed by atoms with Crippen LogP contribution in [0.15, 0.2) is 84.4 Å². The molecule has 186 valence electrons. The first-order chi connectivity index (χ1) is 17.8. The molecule has 3 nitrogen and oxygen atoms in total. The first kappa shape index (κ1) is 23.8. The average Bonchev–Trinajstić information content (AvgIpc) is 2.87. The van der Waals surface area contributed by atoms with Crippen LogP contribution in [0.2, 0.25) is 5.02 Å². The summed E-state index contributed by atoms with van der Waals surface area (Å²) in [5, 5.41) is 6.69. The van der Waals surface area contributed by atoms with Crippen molar-refractivity contribution >= 4 is 39.4 Å². The van der Waals surface area contributed by atoms with Crippen LogP contribution >= 0.6 is 11.6 Å². The predicted octanol–water partition coefficient (Wildman–Crippen LogP) is 8.69. The van der Waals surface area contributed by atoms with Crippen molar-refractivity contribution in [1.29, 1.82) is 0 Å². The van der Waals surface area contributed by atoms with Gasteiger partial charge in [0.1, 0.15) is 12.4 Å². The van der Waals surface area contributed by atoms with E-state index in [0.29, 0.717) is 18.1 Å². The highest BCUT2D eigenvalue weighted by Gasteiger charge is 2.41. The molecule has 0 saturated heterocycles. The standard InChI is InChI=1S/C33H30ClNO2/c1-20-8-10-21(11-9-20)19-37-29-15-13-23(34)16-25(29)32-31-26(17-33(2,3)18-28(31)36)30-24-7-5-4-6-22(24)12-14-27(30)35-32/h4-16,32,35H,17-19H2,1-3H3/t32-/m1/s1. The van der Waals surface area contributed by atoms with E-state index in [4.69, 9.17) is 16.3 Å². The molecule has 0 radical (unpaired) electrons. The summed E-state index contributed by atoms with van der Waals surface area (Å²) >= 11 is 6.52. The molecule has 0 saturated carbocycles. The monoisotopic (exact) mass is 507 g/mol. The first-order valence-corrected chi connectivity index (χ1v) is 13.2. The Labute approximate surface area is 223 Å². The number of anilines is 1. The second-order valence-corrected chi connectivity index (χ2v) is 11.5. The minimum atomic E-state index is -0.334. The van der Waals surface area contributed by atoms with Gasteiger partial charge in [-0.05, 0) is 64.9 Å². The predicted molar refractivity (Wildman–Crippen MR) is 152 cm³/mol. The number of halogens is 1. The molecule has 1 atom stereocenters. The van der Waals surface area contributed by atoms with E-state index >= 15 is 0 Å². The molecule has 0 fully saturated rings. The van der Waals surface area contributed by atoms with Gasteiger partial charge in [-0.25, -0.2) is 0 Å². The molecule has 0 unspecified atom stereocenters. The molecule has 37 heavy (non-hydrogen) atoms. The van der Waals surface area contributed by atoms with E-state index in [0.717, 1.165) is 45.7 Å². The van der Waals surface area contributed by atoms with E-state index in [1.807, 2.05) is 18.2 Å². The van der Waals surface area contributed by atoms with Crippen molar-refractivity contribution in [2.45, 2.75) is 46.3 Å². The molecule has 1 heterocycles. The number of rotatable bonds is 4. The van der Waals surface area contributed by atoms with Crippen LogP contribution in [0.25, 0.3) is 16.3 Å². The topological polar surface area (TPSA) is 38.3 Å². The molecule has 6 rings (SSSR count). The summed E-state index contributed by atoms with van der Waals surface area (Å²) in [5.74, 6) is 0.919. The minimum Gasteiger partial charge on any atom is -0.489 e. The molecule has 0 aromatic heterocycles. The summed E-state index contributed by atoms with van der Waals surface area (Å²) in [5.41, 5.74) is 7.26. The number of ether oxygens (including phenoxy) is 1. The third-order valence-corrected chi connectivity index (χ3v) is 7.77. The van der Waals surface area contributed by atoms with Crippen LogP contribution in [0, 0.1) is 12.3 Å². The normalized spacial score (nSPS) is 18.3. The van der Waals surface area contributed by atoms with Crippen LogP contribution in [0.5, 0.6) is 5.75 Å². The van der Waals surface area contributed by atoms with Crippen molar-refractivity contribution in [2.75, 3.05) is 5.32 Å². The number of hydrogen-bond acceptors (Lipinski definition) is 3. The Balaban J connectivity index is 1.49. The molecule has 1 aliphatic carbocycles. The fourth-order valence-electron chi connectivity index (χ4n) is 5.79. The van der Waals surface area contributed by atoms with E-state index in [-0.39, 0.29) is 17.2 Å². The second kappa shape index (κ2) is 9.08. The molecular weight excluding hydrogens is 478 g/mol. The third kappa shape index (κ3) is 4.42. The number of carbonyl (C=O) groups is 1. The molecule has 4 heteroatoms. The Hall–Kier alpha value is -3.56. The molecule has 0 spiro atoms. The first-order valence-electron chi connectivity index (χ1n) is 12.8. The van der Waals surface area contributed by atoms with E-state index in [9.17, 15) is 4.79 Å². The van der Waals surface area contributed by atoms with Gasteiger partial charge in [0, 0.05) is 33.8 Å². The lowest BCUT2D eigenvalue weighted by Crippen LogP contribution is -2.33. The quantitative estimate of drug-likeness (QED) is 0.300. The highest BCUT2D eigenvalue weighted by Crippen LogP contribution is 2.53. The highest BCUT2D eigenvalue weighted by atomic mass is 35.5. The molecule has 4 aromatic rings. The lowest BCUT2D eigenvalue weighted by atomic mass is 9.68. The van der Waals surface area contributed by atoms with Crippen molar-refractivity contribution in [3.05, 3.63) is 112 Å². The van der Waals surface area contributed by atoms with Crippen LogP contribution in [0.4, 0.5) is 5.69 Å². The van der Waals surface area contributed by atoms with Gasteiger partial charge in [-0.3, -0.25) is 4.79 Å². The zero-order valence-electron chi connectivity index (χ0n) is 21.4. The maximum absolute atomic E-state index is 13.8. The van der Waals surface area contributed by atoms with Gasteiger partial charge in [0.05, 0.1) is 6.04 Å². The third-order valence-electron chi connectivity index (χ3n) is 7.54. The Kier molecular flexibility index (Phi) is 5.84. The summed E-state index contributed by atoms with van der Waals surface area (Å²) in [7, 11) is 0. The van der Waals surface area contributed by atoms with Gasteiger partial charge in [-0.1, -0.05) is 85.6 Å². The number of hydrogen-bond donors (Lipinski definition) is 1. The fraction of sp³-hybridized carbons (Fsp3) is 0.242. The molecule has 0 amide bonds. The van der Waals surface area contributed by atoms with Crippen LogP contribution in [0.1, 0.15) is 55.0 Å². The molecule has 2 aliphatic rings. The summed E-state index contributed by atoms with van der Waals surface area (Å²) in [6, 6.07) is 26.4. The fourth-order valence-corrected chi connectivity index (χ4v) is 5.97. The van der Waals surface area contributed by atoms with Crippen molar-refractivity contribution in [2.24, 2.45) is 5.41 Å². The summed E-state index contributed by atoms with van der Waals surface area (Å²) < 4.78 is 6.35. The van der Waals surface area contributed by atoms with Crippen LogP contribution < -0.4 is 10.1 Å². The average molecular weight is 508 g/mol. The molecule has 4 aromatic carbocycles. The molecule has 1 N–H and O–H groups in total. The smallest absolute Gasteiger partial charge is 0.162 e. The molecular formula is C33H30ClNO2. The van der Waals surface area contributed by atoms with Crippen molar-refractivity contribution in [3.8, 4) is 5.75 Å². The lowest BCUT2D eigenvalue weighted by Gasteiger charge is -2.40. The van der Waals surface area contributed by atoms with Gasteiger partial charge in [-0.2, -0.15) is 0 Å². The number of nitrogens with one attached hydrogen (secondary N) is 1. The number of allylic oxidation sites excluding steroid dienone is 1. The van der Waals surface area contributed by atoms with Crippen molar-refractivity contribution < 1.29 is 9.53 Å². The number of benzene rings is 4. The minimum absolute atomic E-state index is 0.106. The Morgan fingerprint density at radius 1 is 0.973 bits per heavy atom. The number of aryl methyl sites for hydroxylation is 1. The van der Waals surface area contributed by atoms with E-state index < -0.39 is 0 Å². The maximum Gasteiger partial charge on any atom is 0.162 e. The van der Waals surface area contributed by atoms with Gasteiger partial charge >= 0.3 is 0 Å². The van der Waals surface area contributed by atoms with Crippen molar-refractivity contribution in [1.82, 2.24) is 0 Å². The van der Waals surface area contributed by atoms with Gasteiger partial charge in [-0.15, -0.1) is 0 Å². The van der Waals surface area contributed by atoms with Crippen LogP contribution in [-0.2, 0) is 11.4 Å². The van der Waals surface area contributed by atoms with Gasteiger partial charge < -0.3 is 10.1 Å². The number of carbonyl (C=O) groups excluding carboxylic acids is 1. The van der Waals surface area contributed by atoms with Crippen LogP contribution in [-0.4, -0.2) is 5.78 Å². The molecule has 1 aliphatic heterocycles. The Morgan fingerprint density at radius 2 is 1.76 bits per heavy atom. The van der Waals surface area contributed by atoms with E-state index in [1.54, 1.807) is 0 Å². The largest absolute Gasteiger partial charge is 0.489 e. The summed E-state index contributed by atoms with van der Waals surface area (Å²) in [6.45, 7) is 6.89. The van der Waals surface area contributed by atoms with Crippen molar-refractivity contribution in [3.63, 3.8) is 0 Å². The van der Waals surface area contributed by atoms with E-state index in [1.165, 1.54) is 16.3 Å². The number of ketones is 1. The molecule has 0 bridgehead atoms. The summed E-state index contributed by atoms with van der Waals surface area (Å²) in [6.07, 6.45) is 1.36. The number of fused-ring (bicyclic) bond motifs is 4. The zero-order chi connectivity index (χ0) is 25.7. The highest BCUT2D eigenvalue weighted by molar-refractivity contribution is 6.30. The van der Waals surface area contributed by atoms with E-state index in [2.05, 4.69) is 86.8 Å². The second-order valence-electron chi connectivity index (χ2n) is 11.1. The lowest BCUT2D eigenvalue weighted by molar-refractivity contribution is -0.118. The van der Waals surface area contributed by atoms with Gasteiger partial charge in [0.15, 0.2) is 5.78 Å². The SMILES string of the molecule is Cc1ccc(COc2ccc(Cl)cc2[C@H]2Nc3ccc4ccccc4c3C3=C2C(=O)CC(C)(C)C3)cc1.